The van der Waals surface area contributed by atoms with E-state index in [4.69, 9.17) is 4.74 Å². The molecule has 0 fully saturated rings. The fourth-order valence-electron chi connectivity index (χ4n) is 2.76. The number of rotatable bonds is 7. The molecule has 0 N–H and O–H groups in total. The first kappa shape index (κ1) is 23.5. The van der Waals surface area contributed by atoms with Crippen molar-refractivity contribution < 1.29 is 35.1 Å². The van der Waals surface area contributed by atoms with Crippen LogP contribution in [0, 0.1) is 18.6 Å². The minimum atomic E-state index is -4.94. The predicted octanol–water partition coefficient (Wildman–Crippen LogP) is 5.36. The Labute approximate surface area is 181 Å². The molecule has 2 aromatic carbocycles. The quantitative estimate of drug-likeness (QED) is 0.435. The van der Waals surface area contributed by atoms with Crippen molar-refractivity contribution in [3.05, 3.63) is 83.7 Å². The van der Waals surface area contributed by atoms with Gasteiger partial charge in [-0.15, -0.1) is 0 Å². The Bertz CT molecular complexity index is 1180. The second kappa shape index (κ2) is 9.11. The van der Waals surface area contributed by atoms with E-state index in [-0.39, 0.29) is 23.7 Å². The zero-order valence-corrected chi connectivity index (χ0v) is 17.4. The first-order valence-corrected chi connectivity index (χ1v) is 10.8. The molecule has 11 heteroatoms. The Morgan fingerprint density at radius 3 is 2.25 bits per heavy atom. The van der Waals surface area contributed by atoms with Gasteiger partial charge in [0.15, 0.2) is 17.3 Å². The average molecular weight is 472 g/mol. The normalized spacial score (nSPS) is 11.9. The highest BCUT2D eigenvalue weighted by Crippen LogP contribution is 2.30. The molecule has 5 nitrogen and oxygen atoms in total. The Hall–Kier alpha value is -3.21. The molecule has 0 aliphatic carbocycles. The van der Waals surface area contributed by atoms with Crippen LogP contribution in [0.15, 0.2) is 60.8 Å². The molecule has 0 amide bonds. The molecule has 1 aromatic heterocycles. The minimum Gasteiger partial charge on any atom is -0.454 e. The third kappa shape index (κ3) is 6.16. The van der Waals surface area contributed by atoms with Crippen molar-refractivity contribution in [1.82, 2.24) is 4.98 Å². The van der Waals surface area contributed by atoms with E-state index in [0.717, 1.165) is 12.1 Å². The van der Waals surface area contributed by atoms with Crippen molar-refractivity contribution in [2.75, 3.05) is 10.1 Å². The molecule has 0 saturated carbocycles. The van der Waals surface area contributed by atoms with Gasteiger partial charge in [-0.1, -0.05) is 6.07 Å². The Kier molecular flexibility index (Phi) is 6.68. The summed E-state index contributed by atoms with van der Waals surface area (Å²) in [6.07, 6.45) is -3.56. The maximum Gasteiger partial charge on any atom is 0.404 e. The summed E-state index contributed by atoms with van der Waals surface area (Å²) < 4.78 is 96.4. The standard InChI is InChI=1S/C21H17F5N2O3S/c1-14-2-3-15(11-27-14)12-28(32(29,30)13-21(24,25)26)17-5-7-18(8-6-17)31-20-9-4-16(22)10-19(20)23/h2-11H,12-13H2,1H3. The zero-order valence-electron chi connectivity index (χ0n) is 16.6. The van der Waals surface area contributed by atoms with E-state index in [1.165, 1.54) is 30.5 Å². The van der Waals surface area contributed by atoms with Crippen LogP contribution >= 0.6 is 0 Å². The van der Waals surface area contributed by atoms with Crippen LogP contribution in [0.25, 0.3) is 0 Å². The summed E-state index contributed by atoms with van der Waals surface area (Å²) >= 11 is 0. The monoisotopic (exact) mass is 472 g/mol. The molecule has 1 heterocycles. The maximum absolute atomic E-state index is 13.8. The molecule has 170 valence electrons. The third-order valence-corrected chi connectivity index (χ3v) is 5.93. The molecular weight excluding hydrogens is 455 g/mol. The van der Waals surface area contributed by atoms with Crippen LogP contribution < -0.4 is 9.04 Å². The second-order valence-corrected chi connectivity index (χ2v) is 8.75. The number of ether oxygens (including phenoxy) is 1. The van der Waals surface area contributed by atoms with Gasteiger partial charge in [-0.3, -0.25) is 9.29 Å². The highest BCUT2D eigenvalue weighted by Gasteiger charge is 2.38. The Balaban J connectivity index is 1.90. The van der Waals surface area contributed by atoms with Crippen molar-refractivity contribution in [2.45, 2.75) is 19.6 Å². The molecule has 0 aliphatic heterocycles. The van der Waals surface area contributed by atoms with E-state index in [0.29, 0.717) is 21.6 Å². The van der Waals surface area contributed by atoms with Gasteiger partial charge < -0.3 is 4.74 Å². The number of sulfonamides is 1. The van der Waals surface area contributed by atoms with Crippen LogP contribution in [-0.2, 0) is 16.6 Å². The van der Waals surface area contributed by atoms with Crippen LogP contribution in [0.2, 0.25) is 0 Å². The Morgan fingerprint density at radius 1 is 1.00 bits per heavy atom. The van der Waals surface area contributed by atoms with Crippen LogP contribution in [0.4, 0.5) is 27.6 Å². The molecule has 0 spiro atoms. The number of alkyl halides is 3. The van der Waals surface area contributed by atoms with E-state index >= 15 is 0 Å². The zero-order chi connectivity index (χ0) is 23.5. The number of hydrogen-bond donors (Lipinski definition) is 0. The lowest BCUT2D eigenvalue weighted by Gasteiger charge is -2.25. The molecule has 32 heavy (non-hydrogen) atoms. The van der Waals surface area contributed by atoms with Gasteiger partial charge in [0.25, 0.3) is 0 Å². The first-order chi connectivity index (χ1) is 14.9. The number of aromatic nitrogens is 1. The predicted molar refractivity (Wildman–Crippen MR) is 108 cm³/mol. The molecular formula is C21H17F5N2O3S. The van der Waals surface area contributed by atoms with E-state index in [1.807, 2.05) is 0 Å². The highest BCUT2D eigenvalue weighted by molar-refractivity contribution is 7.92. The molecule has 0 atom stereocenters. The molecule has 0 bridgehead atoms. The molecule has 0 aliphatic rings. The fourth-order valence-corrected chi connectivity index (χ4v) is 4.12. The number of halogens is 5. The minimum absolute atomic E-state index is 0.0539. The SMILES string of the molecule is Cc1ccc(CN(c2ccc(Oc3ccc(F)cc3F)cc2)S(=O)(=O)CC(F)(F)F)cn1. The number of benzene rings is 2. The van der Waals surface area contributed by atoms with Crippen LogP contribution in [0.3, 0.4) is 0 Å². The van der Waals surface area contributed by atoms with E-state index in [9.17, 15) is 30.4 Å². The lowest BCUT2D eigenvalue weighted by Crippen LogP contribution is -2.37. The number of nitrogens with zero attached hydrogens (tertiary/aromatic N) is 2. The van der Waals surface area contributed by atoms with Gasteiger partial charge >= 0.3 is 6.18 Å². The van der Waals surface area contributed by atoms with Crippen molar-refractivity contribution >= 4 is 15.7 Å². The first-order valence-electron chi connectivity index (χ1n) is 9.15. The molecule has 0 unspecified atom stereocenters. The highest BCUT2D eigenvalue weighted by atomic mass is 32.2. The molecule has 0 saturated heterocycles. The summed E-state index contributed by atoms with van der Waals surface area (Å²) in [5.41, 5.74) is 0.991. The summed E-state index contributed by atoms with van der Waals surface area (Å²) in [5.74, 6) is -3.98. The Morgan fingerprint density at radius 2 is 1.69 bits per heavy atom. The lowest BCUT2D eigenvalue weighted by atomic mass is 10.2. The van der Waals surface area contributed by atoms with E-state index in [2.05, 4.69) is 4.98 Å². The largest absolute Gasteiger partial charge is 0.454 e. The van der Waals surface area contributed by atoms with Crippen molar-refractivity contribution in [2.24, 2.45) is 0 Å². The number of hydrogen-bond acceptors (Lipinski definition) is 4. The van der Waals surface area contributed by atoms with E-state index < -0.39 is 33.6 Å². The third-order valence-electron chi connectivity index (χ3n) is 4.23. The van der Waals surface area contributed by atoms with Gasteiger partial charge in [-0.25, -0.2) is 17.2 Å². The van der Waals surface area contributed by atoms with Crippen LogP contribution in [0.5, 0.6) is 11.5 Å². The van der Waals surface area contributed by atoms with Crippen molar-refractivity contribution in [3.63, 3.8) is 0 Å². The number of anilines is 1. The molecule has 3 rings (SSSR count). The fraction of sp³-hybridized carbons (Fsp3) is 0.190. The summed E-state index contributed by atoms with van der Waals surface area (Å²) in [6, 6.07) is 10.9. The van der Waals surface area contributed by atoms with Gasteiger partial charge in [0.2, 0.25) is 10.0 Å². The summed E-state index contributed by atoms with van der Waals surface area (Å²) in [4.78, 5) is 4.03. The smallest absolute Gasteiger partial charge is 0.404 e. The maximum atomic E-state index is 13.8. The topological polar surface area (TPSA) is 59.5 Å². The molecule has 0 radical (unpaired) electrons. The van der Waals surface area contributed by atoms with Gasteiger partial charge in [-0.05, 0) is 55.0 Å². The van der Waals surface area contributed by atoms with Crippen LogP contribution in [0.1, 0.15) is 11.3 Å². The average Bonchev–Trinajstić information content (AvgIpc) is 2.68. The van der Waals surface area contributed by atoms with Gasteiger partial charge in [0.05, 0.1) is 12.2 Å². The number of pyridine rings is 1. The lowest BCUT2D eigenvalue weighted by molar-refractivity contribution is -0.106. The van der Waals surface area contributed by atoms with Gasteiger partial charge in [0.1, 0.15) is 11.6 Å². The summed E-state index contributed by atoms with van der Waals surface area (Å²) in [5, 5.41) is 0. The van der Waals surface area contributed by atoms with Gasteiger partial charge in [0, 0.05) is 18.0 Å². The van der Waals surface area contributed by atoms with E-state index in [1.54, 1.807) is 19.1 Å². The van der Waals surface area contributed by atoms with Crippen LogP contribution in [-0.4, -0.2) is 25.3 Å². The summed E-state index contributed by atoms with van der Waals surface area (Å²) in [7, 11) is -4.79. The number of aryl methyl sites for hydroxylation is 1. The van der Waals surface area contributed by atoms with Crippen molar-refractivity contribution in [1.29, 1.82) is 0 Å². The van der Waals surface area contributed by atoms with Crippen molar-refractivity contribution in [3.8, 4) is 11.5 Å². The second-order valence-electron chi connectivity index (χ2n) is 6.86. The summed E-state index contributed by atoms with van der Waals surface area (Å²) in [6.45, 7) is 1.34. The molecule has 3 aromatic rings. The van der Waals surface area contributed by atoms with Gasteiger partial charge in [-0.2, -0.15) is 13.2 Å².